The third kappa shape index (κ3) is 7.26. The molecule has 0 aliphatic carbocycles. The third-order valence-electron chi connectivity index (χ3n) is 3.29. The number of rotatable bonds is 7. The Bertz CT molecular complexity index is 730. The van der Waals surface area contributed by atoms with Crippen molar-refractivity contribution in [3.05, 3.63) is 22.7 Å². The van der Waals surface area contributed by atoms with Crippen molar-refractivity contribution in [3.63, 3.8) is 0 Å². The van der Waals surface area contributed by atoms with Crippen LogP contribution < -0.4 is 20.1 Å². The van der Waals surface area contributed by atoms with Crippen LogP contribution in [0.25, 0.3) is 0 Å². The number of ether oxygens (including phenoxy) is 3. The molecule has 3 amide bonds. The summed E-state index contributed by atoms with van der Waals surface area (Å²) >= 11 is 6.18. The van der Waals surface area contributed by atoms with E-state index in [0.29, 0.717) is 12.4 Å². The van der Waals surface area contributed by atoms with E-state index in [1.807, 2.05) is 6.92 Å². The molecule has 0 bridgehead atoms. The van der Waals surface area contributed by atoms with Gasteiger partial charge in [0.2, 0.25) is 0 Å². The van der Waals surface area contributed by atoms with Crippen molar-refractivity contribution in [2.75, 3.05) is 13.7 Å². The summed E-state index contributed by atoms with van der Waals surface area (Å²) in [4.78, 5) is 36.2. The summed E-state index contributed by atoms with van der Waals surface area (Å²) in [5.41, 5.74) is -0.427. The van der Waals surface area contributed by atoms with Gasteiger partial charge in [0.25, 0.3) is 5.91 Å². The van der Waals surface area contributed by atoms with Crippen molar-refractivity contribution < 1.29 is 28.6 Å². The van der Waals surface area contributed by atoms with Crippen molar-refractivity contribution in [2.24, 2.45) is 0 Å². The zero-order chi connectivity index (χ0) is 21.5. The summed E-state index contributed by atoms with van der Waals surface area (Å²) in [6.07, 6.45) is -0.419. The van der Waals surface area contributed by atoms with Crippen LogP contribution in [-0.4, -0.2) is 43.3 Å². The molecular weight excluding hydrogens is 388 g/mol. The van der Waals surface area contributed by atoms with Gasteiger partial charge in [-0.15, -0.1) is 0 Å². The second-order valence-corrected chi connectivity index (χ2v) is 7.49. The Morgan fingerprint density at radius 2 is 1.86 bits per heavy atom. The van der Waals surface area contributed by atoms with E-state index in [1.165, 1.54) is 26.2 Å². The lowest BCUT2D eigenvalue weighted by molar-refractivity contribution is -0.127. The maximum absolute atomic E-state index is 12.4. The van der Waals surface area contributed by atoms with E-state index < -0.39 is 29.6 Å². The lowest BCUT2D eigenvalue weighted by Crippen LogP contribution is -2.50. The molecule has 0 radical (unpaired) electrons. The van der Waals surface area contributed by atoms with Crippen LogP contribution in [0.5, 0.6) is 11.5 Å². The average molecular weight is 415 g/mol. The molecule has 28 heavy (non-hydrogen) atoms. The smallest absolute Gasteiger partial charge is 0.339 e. The minimum absolute atomic E-state index is 0.0875. The number of nitrogens with one attached hydrogen (secondary N) is 2. The number of hydrogen-bond donors (Lipinski definition) is 2. The molecule has 1 aromatic carbocycles. The number of esters is 1. The quantitative estimate of drug-likeness (QED) is 0.663. The molecule has 0 saturated heterocycles. The first-order chi connectivity index (χ1) is 13.0. The highest BCUT2D eigenvalue weighted by Crippen LogP contribution is 2.36. The fourth-order valence-corrected chi connectivity index (χ4v) is 2.31. The van der Waals surface area contributed by atoms with Gasteiger partial charge in [0.05, 0.1) is 24.3 Å². The number of carbonyl (C=O) groups excluding carboxylic acids is 3. The summed E-state index contributed by atoms with van der Waals surface area (Å²) < 4.78 is 15.9. The van der Waals surface area contributed by atoms with Gasteiger partial charge in [-0.1, -0.05) is 18.5 Å². The summed E-state index contributed by atoms with van der Waals surface area (Å²) in [6.45, 7) is 9.05. The Kier molecular flexibility index (Phi) is 8.56. The van der Waals surface area contributed by atoms with E-state index >= 15 is 0 Å². The van der Waals surface area contributed by atoms with Crippen LogP contribution in [0.3, 0.4) is 0 Å². The fourth-order valence-electron chi connectivity index (χ4n) is 2.05. The topological polar surface area (TPSA) is 103 Å². The minimum Gasteiger partial charge on any atom is -0.493 e. The standard InChI is InChI=1S/C19H27ClN2O6/c1-7-8-27-15-13(20)9-12(10-14(15)26-6)17(24)28-11(2)16(23)21-18(25)22-19(3,4)5/h9-11H,7-8H2,1-6H3,(H2,21,22,23,25)/t11-/m1/s1. The lowest BCUT2D eigenvalue weighted by Gasteiger charge is -2.21. The summed E-state index contributed by atoms with van der Waals surface area (Å²) in [7, 11) is 1.42. The minimum atomic E-state index is -1.20. The fraction of sp³-hybridized carbons (Fsp3) is 0.526. The van der Waals surface area contributed by atoms with Gasteiger partial charge in [-0.3, -0.25) is 10.1 Å². The molecule has 0 heterocycles. The zero-order valence-corrected chi connectivity index (χ0v) is 17.7. The molecule has 2 N–H and O–H groups in total. The first-order valence-electron chi connectivity index (χ1n) is 8.82. The third-order valence-corrected chi connectivity index (χ3v) is 3.57. The number of imide groups is 1. The maximum Gasteiger partial charge on any atom is 0.339 e. The highest BCUT2D eigenvalue weighted by molar-refractivity contribution is 6.32. The molecule has 9 heteroatoms. The molecule has 1 aromatic rings. The molecule has 156 valence electrons. The number of carbonyl (C=O) groups is 3. The first-order valence-corrected chi connectivity index (χ1v) is 9.20. The molecule has 0 aliphatic rings. The van der Waals surface area contributed by atoms with Crippen molar-refractivity contribution in [1.29, 1.82) is 0 Å². The van der Waals surface area contributed by atoms with E-state index in [9.17, 15) is 14.4 Å². The molecule has 0 aromatic heterocycles. The predicted molar refractivity (Wildman–Crippen MR) is 105 cm³/mol. The number of methoxy groups -OCH3 is 1. The van der Waals surface area contributed by atoms with E-state index in [1.54, 1.807) is 20.8 Å². The monoisotopic (exact) mass is 414 g/mol. The number of amides is 3. The van der Waals surface area contributed by atoms with Crippen LogP contribution in [0.4, 0.5) is 4.79 Å². The van der Waals surface area contributed by atoms with Gasteiger partial charge in [-0.05, 0) is 46.2 Å². The van der Waals surface area contributed by atoms with Gasteiger partial charge in [0, 0.05) is 5.54 Å². The van der Waals surface area contributed by atoms with E-state index in [4.69, 9.17) is 25.8 Å². The maximum atomic E-state index is 12.4. The lowest BCUT2D eigenvalue weighted by atomic mass is 10.1. The molecule has 0 unspecified atom stereocenters. The van der Waals surface area contributed by atoms with Crippen LogP contribution >= 0.6 is 11.6 Å². The van der Waals surface area contributed by atoms with Gasteiger partial charge in [-0.25, -0.2) is 9.59 Å². The molecule has 8 nitrogen and oxygen atoms in total. The van der Waals surface area contributed by atoms with Gasteiger partial charge in [0.1, 0.15) is 0 Å². The van der Waals surface area contributed by atoms with E-state index in [-0.39, 0.29) is 16.3 Å². The highest BCUT2D eigenvalue weighted by Gasteiger charge is 2.24. The molecule has 0 aliphatic heterocycles. The number of hydrogen-bond acceptors (Lipinski definition) is 6. The molecule has 0 fully saturated rings. The van der Waals surface area contributed by atoms with Gasteiger partial charge in [0.15, 0.2) is 17.6 Å². The van der Waals surface area contributed by atoms with Crippen LogP contribution in [0.15, 0.2) is 12.1 Å². The summed E-state index contributed by atoms with van der Waals surface area (Å²) in [5, 5.41) is 4.88. The van der Waals surface area contributed by atoms with E-state index in [2.05, 4.69) is 10.6 Å². The molecule has 0 saturated carbocycles. The number of halogens is 1. The van der Waals surface area contributed by atoms with Crippen LogP contribution in [-0.2, 0) is 9.53 Å². The summed E-state index contributed by atoms with van der Waals surface area (Å²) in [5.74, 6) is -0.945. The van der Waals surface area contributed by atoms with Crippen LogP contribution in [0, 0.1) is 0 Å². The Balaban J connectivity index is 2.82. The Morgan fingerprint density at radius 1 is 1.21 bits per heavy atom. The van der Waals surface area contributed by atoms with Gasteiger partial charge in [-0.2, -0.15) is 0 Å². The largest absolute Gasteiger partial charge is 0.493 e. The second-order valence-electron chi connectivity index (χ2n) is 7.08. The molecule has 1 atom stereocenters. The predicted octanol–water partition coefficient (Wildman–Crippen LogP) is 3.31. The van der Waals surface area contributed by atoms with Crippen LogP contribution in [0.2, 0.25) is 5.02 Å². The zero-order valence-electron chi connectivity index (χ0n) is 17.0. The van der Waals surface area contributed by atoms with Crippen LogP contribution in [0.1, 0.15) is 51.4 Å². The first kappa shape index (κ1) is 23.6. The molecule has 0 spiro atoms. The number of benzene rings is 1. The van der Waals surface area contributed by atoms with Gasteiger partial charge < -0.3 is 19.5 Å². The molecular formula is C19H27ClN2O6. The van der Waals surface area contributed by atoms with Crippen molar-refractivity contribution in [1.82, 2.24) is 10.6 Å². The normalized spacial score (nSPS) is 12.0. The van der Waals surface area contributed by atoms with E-state index in [0.717, 1.165) is 6.42 Å². The Labute approximate surface area is 169 Å². The molecule has 1 rings (SSSR count). The van der Waals surface area contributed by atoms with Crippen molar-refractivity contribution >= 4 is 29.5 Å². The Morgan fingerprint density at radius 3 is 2.39 bits per heavy atom. The average Bonchev–Trinajstić information content (AvgIpc) is 2.58. The highest BCUT2D eigenvalue weighted by atomic mass is 35.5. The summed E-state index contributed by atoms with van der Waals surface area (Å²) in [6, 6.07) is 2.10. The van der Waals surface area contributed by atoms with Crippen molar-refractivity contribution in [3.8, 4) is 11.5 Å². The van der Waals surface area contributed by atoms with Gasteiger partial charge >= 0.3 is 12.0 Å². The number of urea groups is 1. The Hall–Kier alpha value is -2.48. The second kappa shape index (κ2) is 10.2. The van der Waals surface area contributed by atoms with Crippen molar-refractivity contribution in [2.45, 2.75) is 52.7 Å². The SMILES string of the molecule is CCCOc1c(Cl)cc(C(=O)O[C@H](C)C(=O)NC(=O)NC(C)(C)C)cc1OC.